The normalized spacial score (nSPS) is 16.1. The van der Waals surface area contributed by atoms with Crippen molar-refractivity contribution in [2.45, 2.75) is 19.9 Å². The summed E-state index contributed by atoms with van der Waals surface area (Å²) in [5.74, 6) is -0.453. The average Bonchev–Trinajstić information content (AvgIpc) is 3.25. The molecule has 0 N–H and O–H groups in total. The Morgan fingerprint density at radius 3 is 2.74 bits per heavy atom. The van der Waals surface area contributed by atoms with Gasteiger partial charge in [-0.25, -0.2) is 14.4 Å². The summed E-state index contributed by atoms with van der Waals surface area (Å²) in [6.07, 6.45) is 7.15. The van der Waals surface area contributed by atoms with Gasteiger partial charge in [-0.1, -0.05) is 0 Å². The Labute approximate surface area is 203 Å². The smallest absolute Gasteiger partial charge is 0.258 e. The second kappa shape index (κ2) is 10.1. The maximum atomic E-state index is 14.5. The minimum absolute atomic E-state index is 0.213. The van der Waals surface area contributed by atoms with E-state index in [0.717, 1.165) is 37.6 Å². The van der Waals surface area contributed by atoms with Gasteiger partial charge < -0.3 is 9.30 Å². The van der Waals surface area contributed by atoms with Gasteiger partial charge in [0.1, 0.15) is 5.65 Å². The summed E-state index contributed by atoms with van der Waals surface area (Å²) in [5.41, 5.74) is 5.77. The van der Waals surface area contributed by atoms with Gasteiger partial charge in [0.15, 0.2) is 11.5 Å². The quantitative estimate of drug-likeness (QED) is 0.334. The Hall–Kier alpha value is -4.00. The number of imidazole rings is 1. The second-order valence-corrected chi connectivity index (χ2v) is 8.45. The SMILES string of the molecule is C=C.[CH]=C=CCN1CCN(c2ccc3nc(-c4cc(F)c5nc(C)cn5c4)cc(=O)n3c2)C[C@@H]1C. The zero-order valence-electron chi connectivity index (χ0n) is 20.0. The summed E-state index contributed by atoms with van der Waals surface area (Å²) in [7, 11) is 0. The maximum Gasteiger partial charge on any atom is 0.258 e. The molecule has 4 aromatic rings. The molecule has 5 heterocycles. The van der Waals surface area contributed by atoms with Gasteiger partial charge in [-0.3, -0.25) is 14.1 Å². The lowest BCUT2D eigenvalue weighted by Gasteiger charge is -2.40. The summed E-state index contributed by atoms with van der Waals surface area (Å²) in [4.78, 5) is 26.4. The van der Waals surface area contributed by atoms with Crippen LogP contribution in [-0.4, -0.2) is 55.9 Å². The van der Waals surface area contributed by atoms with Gasteiger partial charge in [0.25, 0.3) is 5.56 Å². The molecule has 1 aliphatic rings. The van der Waals surface area contributed by atoms with Crippen molar-refractivity contribution in [2.75, 3.05) is 31.1 Å². The van der Waals surface area contributed by atoms with Crippen LogP contribution in [0.25, 0.3) is 22.6 Å². The Kier molecular flexibility index (Phi) is 6.96. The van der Waals surface area contributed by atoms with E-state index in [1.165, 1.54) is 16.5 Å². The molecule has 1 saturated heterocycles. The van der Waals surface area contributed by atoms with Crippen molar-refractivity contribution in [3.05, 3.63) is 96.3 Å². The van der Waals surface area contributed by atoms with Gasteiger partial charge in [-0.15, -0.1) is 18.9 Å². The molecular weight excluding hydrogens is 443 g/mol. The zero-order valence-corrected chi connectivity index (χ0v) is 20.0. The first-order valence-electron chi connectivity index (χ1n) is 11.4. The van der Waals surface area contributed by atoms with Crippen LogP contribution >= 0.6 is 0 Å². The van der Waals surface area contributed by atoms with Crippen LogP contribution < -0.4 is 10.5 Å². The van der Waals surface area contributed by atoms with Crippen molar-refractivity contribution >= 4 is 17.0 Å². The molecule has 0 aromatic carbocycles. The molecule has 179 valence electrons. The molecule has 8 heteroatoms. The third-order valence-electron chi connectivity index (χ3n) is 6.14. The number of aromatic nitrogens is 4. The first-order chi connectivity index (χ1) is 16.9. The minimum Gasteiger partial charge on any atom is -0.367 e. The standard InChI is InChI=1S/C25H24FN6O.C2H4/c1-4-5-8-29-9-10-30(14-18(29)3)20-6-7-23-28-22(12-24(33)32(23)16-20)19-11-21(26)25-27-17(2)13-31(25)15-19;1-2/h1,5-7,11-13,15-16,18H,8-10,14H2,2-3H3;1-2H2/t4?,18-;/m0./s1. The monoisotopic (exact) mass is 471 g/mol. The molecule has 0 aliphatic carbocycles. The Morgan fingerprint density at radius 2 is 2.00 bits per heavy atom. The number of anilines is 1. The van der Waals surface area contributed by atoms with Crippen molar-refractivity contribution in [1.29, 1.82) is 0 Å². The molecule has 1 atom stereocenters. The van der Waals surface area contributed by atoms with E-state index < -0.39 is 5.82 Å². The zero-order chi connectivity index (χ0) is 25.1. The first kappa shape index (κ1) is 24.1. The number of pyridine rings is 2. The van der Waals surface area contributed by atoms with Crippen molar-refractivity contribution in [3.63, 3.8) is 0 Å². The van der Waals surface area contributed by atoms with E-state index in [0.29, 0.717) is 22.9 Å². The third-order valence-corrected chi connectivity index (χ3v) is 6.14. The van der Waals surface area contributed by atoms with E-state index in [4.69, 9.17) is 6.58 Å². The van der Waals surface area contributed by atoms with Crippen molar-refractivity contribution in [2.24, 2.45) is 0 Å². The van der Waals surface area contributed by atoms with Crippen molar-refractivity contribution in [3.8, 4) is 11.3 Å². The van der Waals surface area contributed by atoms with Crippen LogP contribution in [0.3, 0.4) is 0 Å². The van der Waals surface area contributed by atoms with E-state index in [-0.39, 0.29) is 11.2 Å². The second-order valence-electron chi connectivity index (χ2n) is 8.45. The maximum absolute atomic E-state index is 14.5. The number of hydrogen-bond donors (Lipinski definition) is 0. The van der Waals surface area contributed by atoms with E-state index in [9.17, 15) is 9.18 Å². The molecule has 0 spiro atoms. The lowest BCUT2D eigenvalue weighted by Crippen LogP contribution is -2.52. The highest BCUT2D eigenvalue weighted by Gasteiger charge is 2.23. The van der Waals surface area contributed by atoms with Gasteiger partial charge in [0, 0.05) is 62.4 Å². The molecule has 0 bridgehead atoms. The van der Waals surface area contributed by atoms with Crippen LogP contribution in [-0.2, 0) is 0 Å². The first-order valence-corrected chi connectivity index (χ1v) is 11.4. The summed E-state index contributed by atoms with van der Waals surface area (Å²) in [6.45, 7) is 18.7. The van der Waals surface area contributed by atoms with Crippen LogP contribution in [0.15, 0.2) is 72.6 Å². The molecule has 1 radical (unpaired) electrons. The lowest BCUT2D eigenvalue weighted by atomic mass is 10.1. The van der Waals surface area contributed by atoms with E-state index >= 15 is 0 Å². The fourth-order valence-corrected chi connectivity index (χ4v) is 4.42. The topological polar surface area (TPSA) is 58.2 Å². The number of aryl methyl sites for hydroxylation is 1. The van der Waals surface area contributed by atoms with Gasteiger partial charge >= 0.3 is 0 Å². The Balaban J connectivity index is 0.00000141. The fourth-order valence-electron chi connectivity index (χ4n) is 4.42. The Morgan fingerprint density at radius 1 is 1.20 bits per heavy atom. The number of nitrogens with zero attached hydrogens (tertiary/aromatic N) is 6. The van der Waals surface area contributed by atoms with E-state index in [1.54, 1.807) is 23.7 Å². The van der Waals surface area contributed by atoms with E-state index in [1.807, 2.05) is 24.4 Å². The highest BCUT2D eigenvalue weighted by molar-refractivity contribution is 5.64. The molecule has 4 aromatic heterocycles. The molecule has 1 fully saturated rings. The van der Waals surface area contributed by atoms with E-state index in [2.05, 4.69) is 45.6 Å². The van der Waals surface area contributed by atoms with Crippen molar-refractivity contribution < 1.29 is 4.39 Å². The largest absolute Gasteiger partial charge is 0.367 e. The summed E-state index contributed by atoms with van der Waals surface area (Å²) in [5, 5.41) is 0. The van der Waals surface area contributed by atoms with Crippen LogP contribution in [0.4, 0.5) is 10.1 Å². The molecule has 5 rings (SSSR count). The predicted molar refractivity (Wildman–Crippen MR) is 137 cm³/mol. The number of piperazine rings is 1. The van der Waals surface area contributed by atoms with Crippen molar-refractivity contribution in [1.82, 2.24) is 23.7 Å². The molecule has 35 heavy (non-hydrogen) atoms. The number of fused-ring (bicyclic) bond motifs is 2. The lowest BCUT2D eigenvalue weighted by molar-refractivity contribution is 0.210. The van der Waals surface area contributed by atoms with Crippen LogP contribution in [0.1, 0.15) is 12.6 Å². The van der Waals surface area contributed by atoms with Gasteiger partial charge in [0.05, 0.1) is 17.1 Å². The van der Waals surface area contributed by atoms with Crippen LogP contribution in [0, 0.1) is 19.3 Å². The molecule has 0 amide bonds. The highest BCUT2D eigenvalue weighted by atomic mass is 19.1. The summed E-state index contributed by atoms with van der Waals surface area (Å²) >= 11 is 0. The van der Waals surface area contributed by atoms with Crippen LogP contribution in [0.2, 0.25) is 0 Å². The molecular formula is C27H28FN6O. The van der Waals surface area contributed by atoms with Gasteiger partial charge in [0.2, 0.25) is 0 Å². The summed E-state index contributed by atoms with van der Waals surface area (Å²) in [6, 6.07) is 6.96. The molecule has 0 saturated carbocycles. The molecule has 7 nitrogen and oxygen atoms in total. The molecule has 0 unspecified atom stereocenters. The number of rotatable bonds is 4. The fraction of sp³-hybridized carbons (Fsp3) is 0.259. The van der Waals surface area contributed by atoms with Gasteiger partial charge in [-0.2, -0.15) is 0 Å². The molecule has 1 aliphatic heterocycles. The predicted octanol–water partition coefficient (Wildman–Crippen LogP) is 3.91. The van der Waals surface area contributed by atoms with Gasteiger partial charge in [-0.05, 0) is 44.7 Å². The Bertz CT molecular complexity index is 1480. The number of hydrogen-bond acceptors (Lipinski definition) is 5. The highest BCUT2D eigenvalue weighted by Crippen LogP contribution is 2.23. The van der Waals surface area contributed by atoms with Crippen LogP contribution in [0.5, 0.6) is 0 Å². The third kappa shape index (κ3) is 4.80. The minimum atomic E-state index is -0.453. The summed E-state index contributed by atoms with van der Waals surface area (Å²) < 4.78 is 17.7. The number of halogens is 1. The average molecular weight is 472 g/mol.